The lowest BCUT2D eigenvalue weighted by Gasteiger charge is -2.20. The summed E-state index contributed by atoms with van der Waals surface area (Å²) in [7, 11) is 0. The minimum Gasteiger partial charge on any atom is -0.366 e. The van der Waals surface area contributed by atoms with E-state index in [2.05, 4.69) is 11.8 Å². The van der Waals surface area contributed by atoms with E-state index in [9.17, 15) is 9.59 Å². The van der Waals surface area contributed by atoms with Crippen molar-refractivity contribution >= 4 is 23.1 Å². The average Bonchev–Trinajstić information content (AvgIpc) is 3.23. The van der Waals surface area contributed by atoms with Gasteiger partial charge in [0.1, 0.15) is 5.70 Å². The molecule has 144 valence electrons. The molecule has 4 nitrogen and oxygen atoms in total. The zero-order valence-electron chi connectivity index (χ0n) is 17.0. The number of likely N-dealkylation sites (tertiary alicyclic amines) is 1. The fourth-order valence-corrected chi connectivity index (χ4v) is 4.22. The number of benzene rings is 2. The lowest BCUT2D eigenvalue weighted by Crippen LogP contribution is -2.34. The molecule has 0 atom stereocenters. The Bertz CT molecular complexity index is 993. The van der Waals surface area contributed by atoms with E-state index in [4.69, 9.17) is 0 Å². The van der Waals surface area contributed by atoms with Crippen molar-refractivity contribution in [2.75, 3.05) is 18.0 Å². The molecule has 0 bridgehead atoms. The predicted molar refractivity (Wildman–Crippen MR) is 112 cm³/mol. The second-order valence-electron chi connectivity index (χ2n) is 8.01. The molecule has 4 heteroatoms. The highest BCUT2D eigenvalue weighted by molar-refractivity contribution is 6.45. The molecule has 2 amide bonds. The van der Waals surface area contributed by atoms with Crippen LogP contribution < -0.4 is 4.90 Å². The molecule has 0 aromatic heterocycles. The highest BCUT2D eigenvalue weighted by atomic mass is 16.2. The van der Waals surface area contributed by atoms with Crippen LogP contribution in [0.15, 0.2) is 42.1 Å². The number of hydrogen-bond acceptors (Lipinski definition) is 3. The highest BCUT2D eigenvalue weighted by Crippen LogP contribution is 2.37. The predicted octanol–water partition coefficient (Wildman–Crippen LogP) is 4.30. The monoisotopic (exact) mass is 374 g/mol. The molecule has 2 aliphatic rings. The summed E-state index contributed by atoms with van der Waals surface area (Å²) in [6.07, 6.45) is 2.10. The minimum absolute atomic E-state index is 0.204. The molecule has 2 aromatic carbocycles. The quantitative estimate of drug-likeness (QED) is 0.752. The maximum atomic E-state index is 13.5. The minimum atomic E-state index is -0.222. The summed E-state index contributed by atoms with van der Waals surface area (Å²) >= 11 is 0. The van der Waals surface area contributed by atoms with Gasteiger partial charge in [-0.15, -0.1) is 0 Å². The molecule has 2 aliphatic heterocycles. The number of carbonyl (C=O) groups is 2. The van der Waals surface area contributed by atoms with Crippen LogP contribution in [-0.2, 0) is 9.59 Å². The number of anilines is 1. The maximum absolute atomic E-state index is 13.5. The first kappa shape index (κ1) is 18.5. The van der Waals surface area contributed by atoms with E-state index >= 15 is 0 Å². The molecule has 1 fully saturated rings. The Morgan fingerprint density at radius 3 is 2.00 bits per heavy atom. The topological polar surface area (TPSA) is 40.6 Å². The highest BCUT2D eigenvalue weighted by Gasteiger charge is 2.43. The van der Waals surface area contributed by atoms with Crippen LogP contribution in [0.2, 0.25) is 0 Å². The van der Waals surface area contributed by atoms with Crippen LogP contribution in [-0.4, -0.2) is 29.8 Å². The molecule has 28 heavy (non-hydrogen) atoms. The van der Waals surface area contributed by atoms with Gasteiger partial charge in [0.15, 0.2) is 0 Å². The smallest absolute Gasteiger partial charge is 0.282 e. The van der Waals surface area contributed by atoms with Gasteiger partial charge in [-0.3, -0.25) is 9.59 Å². The molecule has 0 spiro atoms. The summed E-state index contributed by atoms with van der Waals surface area (Å²) in [6, 6.07) is 11.9. The van der Waals surface area contributed by atoms with Gasteiger partial charge in [-0.2, -0.15) is 0 Å². The summed E-state index contributed by atoms with van der Waals surface area (Å²) in [4.78, 5) is 30.4. The molecule has 4 rings (SSSR count). The third kappa shape index (κ3) is 3.03. The van der Waals surface area contributed by atoms with Crippen molar-refractivity contribution in [2.45, 2.75) is 40.5 Å². The molecule has 1 saturated heterocycles. The fraction of sp³-hybridized carbons (Fsp3) is 0.333. The van der Waals surface area contributed by atoms with Crippen molar-refractivity contribution in [3.63, 3.8) is 0 Å². The summed E-state index contributed by atoms with van der Waals surface area (Å²) in [5.74, 6) is -0.426. The maximum Gasteiger partial charge on any atom is 0.282 e. The SMILES string of the molecule is Cc1cc(C)cc(N2C(=O)C(c3ccc(C)c(C)c3)=C(N3CCCC3)C2=O)c1. The van der Waals surface area contributed by atoms with Gasteiger partial charge < -0.3 is 4.90 Å². The Balaban J connectivity index is 1.87. The Hall–Kier alpha value is -2.88. The Morgan fingerprint density at radius 1 is 0.750 bits per heavy atom. The summed E-state index contributed by atoms with van der Waals surface area (Å²) < 4.78 is 0. The average molecular weight is 374 g/mol. The zero-order chi connectivity index (χ0) is 20.0. The van der Waals surface area contributed by atoms with E-state index in [1.165, 1.54) is 10.5 Å². The molecule has 0 radical (unpaired) electrons. The van der Waals surface area contributed by atoms with Crippen LogP contribution in [0.5, 0.6) is 0 Å². The van der Waals surface area contributed by atoms with Gasteiger partial charge in [0.25, 0.3) is 11.8 Å². The van der Waals surface area contributed by atoms with Crippen LogP contribution >= 0.6 is 0 Å². The third-order valence-electron chi connectivity index (χ3n) is 5.74. The largest absolute Gasteiger partial charge is 0.366 e. The first-order chi connectivity index (χ1) is 13.4. The number of nitrogens with zero attached hydrogens (tertiary/aromatic N) is 2. The molecule has 0 unspecified atom stereocenters. The van der Waals surface area contributed by atoms with Crippen LogP contribution in [0.4, 0.5) is 5.69 Å². The number of hydrogen-bond donors (Lipinski definition) is 0. The van der Waals surface area contributed by atoms with Gasteiger partial charge in [-0.05, 0) is 80.5 Å². The van der Waals surface area contributed by atoms with Crippen molar-refractivity contribution in [1.82, 2.24) is 4.90 Å². The molecule has 0 aliphatic carbocycles. The standard InChI is InChI=1S/C24H26N2O2/c1-15-11-16(2)13-20(12-15)26-23(27)21(19-8-7-17(3)18(4)14-19)22(24(26)28)25-9-5-6-10-25/h7-8,11-14H,5-6,9-10H2,1-4H3. The van der Waals surface area contributed by atoms with Crippen molar-refractivity contribution in [3.8, 4) is 0 Å². The first-order valence-electron chi connectivity index (χ1n) is 9.91. The van der Waals surface area contributed by atoms with E-state index in [1.54, 1.807) is 0 Å². The molecular formula is C24H26N2O2. The number of aryl methyl sites for hydroxylation is 4. The van der Waals surface area contributed by atoms with Crippen LogP contribution in [0.25, 0.3) is 5.57 Å². The van der Waals surface area contributed by atoms with E-state index in [-0.39, 0.29) is 11.8 Å². The van der Waals surface area contributed by atoms with Gasteiger partial charge in [-0.25, -0.2) is 4.90 Å². The van der Waals surface area contributed by atoms with E-state index in [0.717, 1.165) is 48.2 Å². The number of carbonyl (C=O) groups excluding carboxylic acids is 2. The second-order valence-corrected chi connectivity index (χ2v) is 8.01. The van der Waals surface area contributed by atoms with Crippen molar-refractivity contribution in [2.24, 2.45) is 0 Å². The summed E-state index contributed by atoms with van der Waals surface area (Å²) in [5, 5.41) is 0. The molecular weight excluding hydrogens is 348 g/mol. The Morgan fingerprint density at radius 2 is 1.39 bits per heavy atom. The third-order valence-corrected chi connectivity index (χ3v) is 5.74. The van der Waals surface area contributed by atoms with Gasteiger partial charge >= 0.3 is 0 Å². The second kappa shape index (κ2) is 6.93. The van der Waals surface area contributed by atoms with Gasteiger partial charge in [-0.1, -0.05) is 24.3 Å². The van der Waals surface area contributed by atoms with Crippen LogP contribution in [0, 0.1) is 27.7 Å². The van der Waals surface area contributed by atoms with Gasteiger partial charge in [0, 0.05) is 13.1 Å². The van der Waals surface area contributed by atoms with Crippen LogP contribution in [0.3, 0.4) is 0 Å². The zero-order valence-corrected chi connectivity index (χ0v) is 17.0. The van der Waals surface area contributed by atoms with E-state index in [0.29, 0.717) is 17.0 Å². The lowest BCUT2D eigenvalue weighted by molar-refractivity contribution is -0.120. The number of amides is 2. The lowest BCUT2D eigenvalue weighted by atomic mass is 9.99. The molecule has 0 N–H and O–H groups in total. The molecule has 0 saturated carbocycles. The van der Waals surface area contributed by atoms with Crippen molar-refractivity contribution in [3.05, 3.63) is 69.9 Å². The van der Waals surface area contributed by atoms with E-state index < -0.39 is 0 Å². The van der Waals surface area contributed by atoms with Gasteiger partial charge in [0.2, 0.25) is 0 Å². The summed E-state index contributed by atoms with van der Waals surface area (Å²) in [5.41, 5.74) is 6.96. The van der Waals surface area contributed by atoms with E-state index in [1.807, 2.05) is 57.2 Å². The number of rotatable bonds is 3. The molecule has 2 heterocycles. The normalized spacial score (nSPS) is 17.3. The fourth-order valence-electron chi connectivity index (χ4n) is 4.22. The summed E-state index contributed by atoms with van der Waals surface area (Å²) in [6.45, 7) is 9.71. The number of imide groups is 1. The van der Waals surface area contributed by atoms with Crippen molar-refractivity contribution in [1.29, 1.82) is 0 Å². The molecule has 2 aromatic rings. The van der Waals surface area contributed by atoms with Crippen molar-refractivity contribution < 1.29 is 9.59 Å². The Kier molecular flexibility index (Phi) is 4.58. The first-order valence-corrected chi connectivity index (χ1v) is 9.91. The Labute approximate surface area is 166 Å². The van der Waals surface area contributed by atoms with Gasteiger partial charge in [0.05, 0.1) is 11.3 Å². The van der Waals surface area contributed by atoms with Crippen LogP contribution in [0.1, 0.15) is 40.7 Å².